The van der Waals surface area contributed by atoms with Gasteiger partial charge < -0.3 is 14.6 Å². The first-order valence-corrected chi connectivity index (χ1v) is 6.52. The minimum atomic E-state index is -1.09. The number of carbonyl (C=O) groups excluding carboxylic acids is 1. The van der Waals surface area contributed by atoms with E-state index in [2.05, 4.69) is 0 Å². The first-order valence-electron chi connectivity index (χ1n) is 6.52. The van der Waals surface area contributed by atoms with E-state index < -0.39 is 11.6 Å². The smallest absolute Gasteiger partial charge is 0.349 e. The number of hydrogen-bond donors (Lipinski definition) is 1. The molecule has 0 bridgehead atoms. The van der Waals surface area contributed by atoms with Crippen LogP contribution in [0.2, 0.25) is 0 Å². The molecule has 106 valence electrons. The lowest BCUT2D eigenvalue weighted by molar-refractivity contribution is -0.158. The van der Waals surface area contributed by atoms with Gasteiger partial charge in [-0.3, -0.25) is 0 Å². The van der Waals surface area contributed by atoms with E-state index in [0.29, 0.717) is 17.7 Å². The van der Waals surface area contributed by atoms with Gasteiger partial charge >= 0.3 is 5.97 Å². The van der Waals surface area contributed by atoms with Crippen LogP contribution in [0, 0.1) is 0 Å². The molecule has 0 radical (unpaired) electrons. The predicted octanol–water partition coefficient (Wildman–Crippen LogP) is 3.27. The van der Waals surface area contributed by atoms with Crippen LogP contribution in [-0.4, -0.2) is 23.3 Å². The number of benzene rings is 2. The highest BCUT2D eigenvalue weighted by Crippen LogP contribution is 2.34. The average Bonchev–Trinajstić information content (AvgIpc) is 2.42. The quantitative estimate of drug-likeness (QED) is 0.869. The summed E-state index contributed by atoms with van der Waals surface area (Å²) in [4.78, 5) is 11.9. The number of ether oxygens (including phenoxy) is 2. The summed E-state index contributed by atoms with van der Waals surface area (Å²) in [7, 11) is 0. The van der Waals surface area contributed by atoms with Crippen molar-refractivity contribution in [2.24, 2.45) is 0 Å². The second-order valence-corrected chi connectivity index (χ2v) is 4.96. The van der Waals surface area contributed by atoms with Gasteiger partial charge in [0, 0.05) is 10.8 Å². The van der Waals surface area contributed by atoms with Gasteiger partial charge in [-0.15, -0.1) is 0 Å². The van der Waals surface area contributed by atoms with E-state index in [1.165, 1.54) is 0 Å². The first-order chi connectivity index (χ1) is 9.45. The Morgan fingerprint density at radius 3 is 2.45 bits per heavy atom. The van der Waals surface area contributed by atoms with Crippen LogP contribution in [0.4, 0.5) is 0 Å². The third-order valence-electron chi connectivity index (χ3n) is 2.99. The highest BCUT2D eigenvalue weighted by atomic mass is 16.6. The minimum Gasteiger partial charge on any atom is -0.507 e. The van der Waals surface area contributed by atoms with E-state index in [9.17, 15) is 9.90 Å². The topological polar surface area (TPSA) is 55.8 Å². The number of carbonyl (C=O) groups is 1. The lowest BCUT2D eigenvalue weighted by Crippen LogP contribution is -2.39. The Morgan fingerprint density at radius 2 is 1.80 bits per heavy atom. The van der Waals surface area contributed by atoms with Crippen LogP contribution in [0.25, 0.3) is 10.8 Å². The Balaban J connectivity index is 2.39. The van der Waals surface area contributed by atoms with Crippen molar-refractivity contribution in [3.63, 3.8) is 0 Å². The van der Waals surface area contributed by atoms with Crippen molar-refractivity contribution in [3.05, 3.63) is 36.4 Å². The molecule has 4 heteroatoms. The van der Waals surface area contributed by atoms with Gasteiger partial charge in [0.05, 0.1) is 6.61 Å². The predicted molar refractivity (Wildman–Crippen MR) is 77.0 cm³/mol. The zero-order valence-corrected chi connectivity index (χ0v) is 11.8. The van der Waals surface area contributed by atoms with E-state index in [4.69, 9.17) is 9.47 Å². The molecule has 0 unspecified atom stereocenters. The average molecular weight is 274 g/mol. The van der Waals surface area contributed by atoms with Gasteiger partial charge in [-0.25, -0.2) is 4.79 Å². The highest BCUT2D eigenvalue weighted by Gasteiger charge is 2.32. The molecular formula is C16H18O4. The van der Waals surface area contributed by atoms with Crippen LogP contribution in [-0.2, 0) is 9.53 Å². The summed E-state index contributed by atoms with van der Waals surface area (Å²) in [6, 6.07) is 10.5. The molecule has 0 aliphatic carbocycles. The SMILES string of the molecule is CCOC(=O)C(C)(C)Oc1ccc(O)c2ccccc12. The molecule has 0 amide bonds. The van der Waals surface area contributed by atoms with Crippen molar-refractivity contribution in [1.82, 2.24) is 0 Å². The van der Waals surface area contributed by atoms with E-state index in [-0.39, 0.29) is 5.75 Å². The third kappa shape index (κ3) is 2.69. The van der Waals surface area contributed by atoms with Crippen LogP contribution < -0.4 is 4.74 Å². The lowest BCUT2D eigenvalue weighted by atomic mass is 10.1. The second kappa shape index (κ2) is 5.41. The molecule has 2 rings (SSSR count). The Bertz CT molecular complexity index is 631. The van der Waals surface area contributed by atoms with Gasteiger partial charge in [-0.2, -0.15) is 0 Å². The van der Waals surface area contributed by atoms with Crippen molar-refractivity contribution < 1.29 is 19.4 Å². The Hall–Kier alpha value is -2.23. The summed E-state index contributed by atoms with van der Waals surface area (Å²) >= 11 is 0. The molecule has 0 atom stereocenters. The molecule has 2 aromatic carbocycles. The summed E-state index contributed by atoms with van der Waals surface area (Å²) in [5.41, 5.74) is -1.09. The van der Waals surface area contributed by atoms with E-state index in [1.807, 2.05) is 18.2 Å². The maximum absolute atomic E-state index is 11.9. The zero-order valence-electron chi connectivity index (χ0n) is 11.8. The van der Waals surface area contributed by atoms with Gasteiger partial charge in [0.15, 0.2) is 5.60 Å². The minimum absolute atomic E-state index is 0.182. The molecule has 20 heavy (non-hydrogen) atoms. The van der Waals surface area contributed by atoms with E-state index in [1.54, 1.807) is 39.0 Å². The number of rotatable bonds is 4. The first kappa shape index (κ1) is 14.2. The molecule has 0 aromatic heterocycles. The monoisotopic (exact) mass is 274 g/mol. The van der Waals surface area contributed by atoms with Crippen LogP contribution in [0.5, 0.6) is 11.5 Å². The molecule has 4 nitrogen and oxygen atoms in total. The van der Waals surface area contributed by atoms with Gasteiger partial charge in [-0.05, 0) is 32.9 Å². The molecule has 0 saturated carbocycles. The Morgan fingerprint density at radius 1 is 1.15 bits per heavy atom. The highest BCUT2D eigenvalue weighted by molar-refractivity contribution is 5.93. The summed E-state index contributed by atoms with van der Waals surface area (Å²) < 4.78 is 10.8. The molecule has 0 aliphatic heterocycles. The van der Waals surface area contributed by atoms with E-state index >= 15 is 0 Å². The van der Waals surface area contributed by atoms with Crippen LogP contribution in [0.15, 0.2) is 36.4 Å². The van der Waals surface area contributed by atoms with Crippen molar-refractivity contribution >= 4 is 16.7 Å². The van der Waals surface area contributed by atoms with E-state index in [0.717, 1.165) is 5.39 Å². The van der Waals surface area contributed by atoms with Crippen molar-refractivity contribution in [1.29, 1.82) is 0 Å². The molecule has 1 N–H and O–H groups in total. The molecule has 0 fully saturated rings. The number of esters is 1. The fourth-order valence-electron chi connectivity index (χ4n) is 1.97. The maximum Gasteiger partial charge on any atom is 0.349 e. The Kier molecular flexibility index (Phi) is 3.84. The number of fused-ring (bicyclic) bond motifs is 1. The standard InChI is InChI=1S/C16H18O4/c1-4-19-15(18)16(2,3)20-14-10-9-13(17)11-7-5-6-8-12(11)14/h5-10,17H,4H2,1-3H3. The second-order valence-electron chi connectivity index (χ2n) is 4.96. The molecule has 0 aliphatic rings. The summed E-state index contributed by atoms with van der Waals surface area (Å²) in [5, 5.41) is 11.3. The summed E-state index contributed by atoms with van der Waals surface area (Å²) in [5.74, 6) is 0.301. The van der Waals surface area contributed by atoms with Crippen LogP contribution >= 0.6 is 0 Å². The van der Waals surface area contributed by atoms with Crippen molar-refractivity contribution in [3.8, 4) is 11.5 Å². The van der Waals surface area contributed by atoms with Crippen molar-refractivity contribution in [2.45, 2.75) is 26.4 Å². The number of aromatic hydroxyl groups is 1. The lowest BCUT2D eigenvalue weighted by Gasteiger charge is -2.25. The fourth-order valence-corrected chi connectivity index (χ4v) is 1.97. The zero-order chi connectivity index (χ0) is 14.8. The van der Waals surface area contributed by atoms with Gasteiger partial charge in [0.1, 0.15) is 11.5 Å². The molecule has 0 saturated heterocycles. The fraction of sp³-hybridized carbons (Fsp3) is 0.312. The molecule has 0 heterocycles. The molecule has 0 spiro atoms. The number of phenolic OH excluding ortho intramolecular Hbond substituents is 1. The van der Waals surface area contributed by atoms with Gasteiger partial charge in [0.25, 0.3) is 0 Å². The summed E-state index contributed by atoms with van der Waals surface area (Å²) in [6.45, 7) is 5.38. The normalized spacial score (nSPS) is 11.3. The number of hydrogen-bond acceptors (Lipinski definition) is 4. The molecular weight excluding hydrogens is 256 g/mol. The maximum atomic E-state index is 11.9. The van der Waals surface area contributed by atoms with Gasteiger partial charge in [-0.1, -0.05) is 24.3 Å². The summed E-state index contributed by atoms with van der Waals surface area (Å²) in [6.07, 6.45) is 0. The van der Waals surface area contributed by atoms with Crippen molar-refractivity contribution in [2.75, 3.05) is 6.61 Å². The largest absolute Gasteiger partial charge is 0.507 e. The number of phenols is 1. The molecule has 2 aromatic rings. The van der Waals surface area contributed by atoms with Crippen LogP contribution in [0.1, 0.15) is 20.8 Å². The third-order valence-corrected chi connectivity index (χ3v) is 2.99. The Labute approximate surface area is 117 Å². The van der Waals surface area contributed by atoms with Crippen LogP contribution in [0.3, 0.4) is 0 Å². The van der Waals surface area contributed by atoms with Gasteiger partial charge in [0.2, 0.25) is 0 Å².